The third-order valence-corrected chi connectivity index (χ3v) is 1.95. The third-order valence-electron chi connectivity index (χ3n) is 1.95. The van der Waals surface area contributed by atoms with Gasteiger partial charge >= 0.3 is 5.97 Å². The lowest BCUT2D eigenvalue weighted by Gasteiger charge is -2.24. The predicted molar refractivity (Wildman–Crippen MR) is 59.5 cm³/mol. The summed E-state index contributed by atoms with van der Waals surface area (Å²) < 4.78 is 4.45. The highest BCUT2D eigenvalue weighted by Crippen LogP contribution is 2.01. The molecule has 1 aromatic carbocycles. The van der Waals surface area contributed by atoms with Gasteiger partial charge in [0.25, 0.3) is 0 Å². The minimum Gasteiger partial charge on any atom is -0.469 e. The minimum absolute atomic E-state index is 0.406. The highest BCUT2D eigenvalue weighted by Gasteiger charge is 2.26. The van der Waals surface area contributed by atoms with E-state index in [4.69, 9.17) is 15.7 Å². The first-order chi connectivity index (χ1) is 7.06. The quantitative estimate of drug-likeness (QED) is 0.545. The molecule has 1 N–H and O–H groups in total. The van der Waals surface area contributed by atoms with Gasteiger partial charge < -0.3 is 10.1 Å². The highest BCUT2D eigenvalue weighted by atomic mass is 16.5. The normalized spacial score (nSPS) is 11.0. The summed E-state index contributed by atoms with van der Waals surface area (Å²) in [5, 5.41) is 1.06. The number of hydrogen-bond donors (Lipinski definition) is 1. The van der Waals surface area contributed by atoms with E-state index >= 15 is 0 Å². The van der Waals surface area contributed by atoms with Gasteiger partial charge in [-0.05, 0) is 5.56 Å². The molecule has 1 aromatic rings. The van der Waals surface area contributed by atoms with Gasteiger partial charge in [0.05, 0.1) is 22.8 Å². The van der Waals surface area contributed by atoms with Crippen LogP contribution in [0.25, 0.3) is 0 Å². The highest BCUT2D eigenvalue weighted by molar-refractivity contribution is 6.50. The fourth-order valence-electron chi connectivity index (χ4n) is 1.09. The van der Waals surface area contributed by atoms with Gasteiger partial charge in [0.1, 0.15) is 0 Å². The van der Waals surface area contributed by atoms with E-state index in [-0.39, 0.29) is 0 Å². The molecule has 0 bridgehead atoms. The summed E-state index contributed by atoms with van der Waals surface area (Å²) in [4.78, 5) is 11.1. The average Bonchev–Trinajstić information content (AvgIpc) is 2.27. The Labute approximate surface area is 92.0 Å². The zero-order valence-electron chi connectivity index (χ0n) is 8.57. The Kier molecular flexibility index (Phi) is 3.97. The maximum Gasteiger partial charge on any atom is 0.307 e. The van der Waals surface area contributed by atoms with Gasteiger partial charge in [0.15, 0.2) is 0 Å². The smallest absolute Gasteiger partial charge is 0.307 e. The number of carbonyl (C=O) groups is 1. The lowest BCUT2D eigenvalue weighted by Crippen LogP contribution is -2.53. The molecule has 0 unspecified atom stereocenters. The topological polar surface area (TPSA) is 38.3 Å². The van der Waals surface area contributed by atoms with Crippen LogP contribution >= 0.6 is 0 Å². The summed E-state index contributed by atoms with van der Waals surface area (Å²) in [6.45, 7) is 0.406. The minimum atomic E-state index is -1.65. The van der Waals surface area contributed by atoms with E-state index in [2.05, 4.69) is 10.1 Å². The van der Waals surface area contributed by atoms with Crippen LogP contribution in [0.4, 0.5) is 0 Å². The molecular formula is C10H11B2NO2. The Morgan fingerprint density at radius 2 is 2.00 bits per heavy atom. The number of benzene rings is 1. The van der Waals surface area contributed by atoms with Crippen LogP contribution < -0.4 is 5.32 Å². The molecule has 0 aromatic heterocycles. The number of esters is 1. The standard InChI is InChI=1S/C10H11B2NO2/c1-15-9(14)10(11,12)13-7-8-5-3-2-4-6-8/h2-6,13H,7H2,1H3. The molecule has 0 saturated carbocycles. The van der Waals surface area contributed by atoms with Crippen molar-refractivity contribution in [2.45, 2.75) is 11.9 Å². The second-order valence-corrected chi connectivity index (χ2v) is 3.20. The van der Waals surface area contributed by atoms with Crippen molar-refractivity contribution in [3.8, 4) is 0 Å². The van der Waals surface area contributed by atoms with Gasteiger partial charge in [0, 0.05) is 11.9 Å². The molecule has 0 saturated heterocycles. The van der Waals surface area contributed by atoms with Gasteiger partial charge in [-0.15, -0.1) is 0 Å². The second-order valence-electron chi connectivity index (χ2n) is 3.20. The van der Waals surface area contributed by atoms with E-state index in [1.807, 2.05) is 30.3 Å². The number of nitrogens with one attached hydrogen (secondary N) is 1. The van der Waals surface area contributed by atoms with Crippen molar-refractivity contribution < 1.29 is 9.53 Å². The Balaban J connectivity index is 2.53. The van der Waals surface area contributed by atoms with E-state index in [1.54, 1.807) is 0 Å². The number of methoxy groups -OCH3 is 1. The third kappa shape index (κ3) is 3.44. The maximum absolute atomic E-state index is 11.1. The fourth-order valence-corrected chi connectivity index (χ4v) is 1.09. The van der Waals surface area contributed by atoms with Crippen molar-refractivity contribution in [2.24, 2.45) is 0 Å². The first-order valence-electron chi connectivity index (χ1n) is 4.51. The molecule has 1 rings (SSSR count). The largest absolute Gasteiger partial charge is 0.469 e. The van der Waals surface area contributed by atoms with Gasteiger partial charge in [0.2, 0.25) is 0 Å². The predicted octanol–water partition coefficient (Wildman–Crippen LogP) is -0.0600. The molecule has 15 heavy (non-hydrogen) atoms. The van der Waals surface area contributed by atoms with Gasteiger partial charge in [-0.3, -0.25) is 4.79 Å². The monoisotopic (exact) mass is 199 g/mol. The summed E-state index contributed by atoms with van der Waals surface area (Å²) in [5.74, 6) is -0.696. The average molecular weight is 199 g/mol. The molecular weight excluding hydrogens is 188 g/mol. The summed E-state index contributed by atoms with van der Waals surface area (Å²) in [6, 6.07) is 9.50. The van der Waals surface area contributed by atoms with Crippen molar-refractivity contribution in [1.29, 1.82) is 0 Å². The van der Waals surface area contributed by atoms with Crippen LogP contribution in [0.15, 0.2) is 30.3 Å². The molecule has 0 heterocycles. The molecule has 0 amide bonds. The lowest BCUT2D eigenvalue weighted by molar-refractivity contribution is -0.142. The van der Waals surface area contributed by atoms with E-state index < -0.39 is 11.3 Å². The molecule has 3 nitrogen and oxygen atoms in total. The molecule has 5 heteroatoms. The lowest BCUT2D eigenvalue weighted by atomic mass is 9.62. The molecule has 0 spiro atoms. The summed E-state index contributed by atoms with van der Waals surface area (Å²) >= 11 is 0. The van der Waals surface area contributed by atoms with Crippen LogP contribution in [0.3, 0.4) is 0 Å². The molecule has 4 radical (unpaired) electrons. The van der Waals surface area contributed by atoms with Crippen LogP contribution in [-0.4, -0.2) is 34.1 Å². The number of hydrogen-bond acceptors (Lipinski definition) is 3. The number of carbonyl (C=O) groups excluding carboxylic acids is 1. The van der Waals surface area contributed by atoms with Crippen LogP contribution in [0.5, 0.6) is 0 Å². The first-order valence-corrected chi connectivity index (χ1v) is 4.51. The van der Waals surface area contributed by atoms with Crippen molar-refractivity contribution in [1.82, 2.24) is 5.32 Å². The van der Waals surface area contributed by atoms with Gasteiger partial charge in [-0.2, -0.15) is 0 Å². The summed E-state index contributed by atoms with van der Waals surface area (Å²) in [7, 11) is 12.3. The Bertz CT molecular complexity index is 327. The molecule has 0 fully saturated rings. The van der Waals surface area contributed by atoms with E-state index in [1.165, 1.54) is 7.11 Å². The van der Waals surface area contributed by atoms with Crippen LogP contribution in [0, 0.1) is 0 Å². The van der Waals surface area contributed by atoms with E-state index in [0.717, 1.165) is 5.56 Å². The summed E-state index contributed by atoms with van der Waals surface area (Å²) in [5.41, 5.74) is 0.988. The Morgan fingerprint density at radius 3 is 2.53 bits per heavy atom. The van der Waals surface area contributed by atoms with Crippen molar-refractivity contribution in [2.75, 3.05) is 7.11 Å². The Morgan fingerprint density at radius 1 is 1.40 bits per heavy atom. The summed E-state index contributed by atoms with van der Waals surface area (Å²) in [6.07, 6.45) is 0. The van der Waals surface area contributed by atoms with Crippen LogP contribution in [0.2, 0.25) is 0 Å². The molecule has 0 aliphatic rings. The van der Waals surface area contributed by atoms with Gasteiger partial charge in [-0.25, -0.2) is 0 Å². The first kappa shape index (κ1) is 11.9. The fraction of sp³-hybridized carbons (Fsp3) is 0.300. The molecule has 74 valence electrons. The van der Waals surface area contributed by atoms with Crippen molar-refractivity contribution in [3.05, 3.63) is 35.9 Å². The number of ether oxygens (including phenoxy) is 1. The zero-order chi connectivity index (χ0) is 11.3. The van der Waals surface area contributed by atoms with Gasteiger partial charge in [-0.1, -0.05) is 30.3 Å². The van der Waals surface area contributed by atoms with E-state index in [9.17, 15) is 4.79 Å². The molecule has 0 aliphatic carbocycles. The van der Waals surface area contributed by atoms with Crippen molar-refractivity contribution >= 4 is 21.7 Å². The molecule has 0 aliphatic heterocycles. The number of rotatable bonds is 4. The zero-order valence-corrected chi connectivity index (χ0v) is 8.57. The SMILES string of the molecule is [B]C([B])(NCc1ccccc1)C(=O)OC. The van der Waals surface area contributed by atoms with Crippen molar-refractivity contribution in [3.63, 3.8) is 0 Å². The maximum atomic E-state index is 11.1. The Hall–Kier alpha value is -1.22. The van der Waals surface area contributed by atoms with E-state index in [0.29, 0.717) is 6.54 Å². The molecule has 0 atom stereocenters. The van der Waals surface area contributed by atoms with Crippen LogP contribution in [-0.2, 0) is 16.1 Å². The second kappa shape index (κ2) is 5.03. The van der Waals surface area contributed by atoms with Crippen LogP contribution in [0.1, 0.15) is 5.56 Å².